The van der Waals surface area contributed by atoms with E-state index in [1.807, 2.05) is 21.1 Å². The number of aliphatic hydroxyl groups excluding tert-OH is 1. The van der Waals surface area contributed by atoms with Crippen LogP contribution in [0.1, 0.15) is 20.3 Å². The normalized spacial score (nSPS) is 16.9. The summed E-state index contributed by atoms with van der Waals surface area (Å²) in [7, 11) is 5.62. The quantitative estimate of drug-likeness (QED) is 0.546. The molecule has 0 aliphatic heterocycles. The van der Waals surface area contributed by atoms with Crippen molar-refractivity contribution in [2.45, 2.75) is 32.4 Å². The number of likely N-dealkylation sites (N-methyl/N-ethyl adjacent to an activating group) is 1. The molecule has 110 valence electrons. The smallest absolute Gasteiger partial charge is 0.332 e. The van der Waals surface area contributed by atoms with Crippen molar-refractivity contribution in [1.29, 1.82) is 0 Å². The predicted molar refractivity (Wildman–Crippen MR) is 73.8 cm³/mol. The highest BCUT2D eigenvalue weighted by atomic mass is 31.2. The fourth-order valence-corrected chi connectivity index (χ4v) is 3.20. The van der Waals surface area contributed by atoms with Crippen LogP contribution in [0.3, 0.4) is 0 Å². The summed E-state index contributed by atoms with van der Waals surface area (Å²) in [5.74, 6) is 0.464. The van der Waals surface area contributed by atoms with E-state index in [0.717, 1.165) is 6.42 Å². The summed E-state index contributed by atoms with van der Waals surface area (Å²) in [6, 6.07) is 0.00336. The zero-order valence-electron chi connectivity index (χ0n) is 12.7. The van der Waals surface area contributed by atoms with E-state index in [1.165, 1.54) is 14.2 Å². The van der Waals surface area contributed by atoms with Gasteiger partial charge in [0, 0.05) is 20.6 Å². The molecule has 0 saturated heterocycles. The topological polar surface area (TPSA) is 55.8 Å². The third kappa shape index (κ3) is 5.81. The number of hydrogen-bond acceptors (Lipinski definition) is 4. The molecule has 5 nitrogen and oxygen atoms in total. The SMILES string of the molecule is COP(=O)(CC(O)C(CC(C)C)[N+](C)(C)C)OC. The lowest BCUT2D eigenvalue weighted by Gasteiger charge is -2.38. The van der Waals surface area contributed by atoms with E-state index in [-0.39, 0.29) is 12.2 Å². The van der Waals surface area contributed by atoms with Crippen molar-refractivity contribution in [3.8, 4) is 0 Å². The first-order chi connectivity index (χ1) is 8.05. The van der Waals surface area contributed by atoms with Crippen molar-refractivity contribution >= 4 is 7.60 Å². The molecule has 0 saturated carbocycles. The van der Waals surface area contributed by atoms with Crippen LogP contribution < -0.4 is 0 Å². The Morgan fingerprint density at radius 2 is 1.61 bits per heavy atom. The Labute approximate surface area is 111 Å². The predicted octanol–water partition coefficient (Wildman–Crippen LogP) is 1.95. The molecule has 0 radical (unpaired) electrons. The van der Waals surface area contributed by atoms with E-state index in [9.17, 15) is 9.67 Å². The molecule has 0 aromatic heterocycles. The van der Waals surface area contributed by atoms with Crippen LogP contribution >= 0.6 is 7.60 Å². The average molecular weight is 282 g/mol. The van der Waals surface area contributed by atoms with Gasteiger partial charge in [-0.1, -0.05) is 13.8 Å². The molecular weight excluding hydrogens is 253 g/mol. The molecule has 0 rings (SSSR count). The van der Waals surface area contributed by atoms with Gasteiger partial charge in [0.05, 0.1) is 27.3 Å². The molecule has 6 heteroatoms. The Bertz CT molecular complexity index is 280. The molecule has 0 aromatic rings. The van der Waals surface area contributed by atoms with Gasteiger partial charge < -0.3 is 18.6 Å². The zero-order chi connectivity index (χ0) is 14.6. The summed E-state index contributed by atoms with van der Waals surface area (Å²) >= 11 is 0. The van der Waals surface area contributed by atoms with E-state index < -0.39 is 13.7 Å². The van der Waals surface area contributed by atoms with E-state index in [4.69, 9.17) is 9.05 Å². The molecule has 0 heterocycles. The molecule has 0 amide bonds. The Morgan fingerprint density at radius 3 is 1.89 bits per heavy atom. The minimum absolute atomic E-state index is 0.00336. The monoisotopic (exact) mass is 282 g/mol. The molecule has 1 N–H and O–H groups in total. The number of rotatable bonds is 8. The standard InChI is InChI=1S/C12H29NO4P/c1-10(2)8-11(13(3,4)5)12(14)9-18(15,16-6)17-7/h10-12,14H,8-9H2,1-7H3/q+1. The fraction of sp³-hybridized carbons (Fsp3) is 1.00. The van der Waals surface area contributed by atoms with Gasteiger partial charge in [0.2, 0.25) is 0 Å². The van der Waals surface area contributed by atoms with Crippen LogP contribution in [0.25, 0.3) is 0 Å². The van der Waals surface area contributed by atoms with Gasteiger partial charge in [-0.05, 0) is 5.92 Å². The lowest BCUT2D eigenvalue weighted by Crippen LogP contribution is -2.53. The van der Waals surface area contributed by atoms with Crippen LogP contribution in [0.15, 0.2) is 0 Å². The second-order valence-corrected chi connectivity index (χ2v) is 8.36. The molecule has 2 unspecified atom stereocenters. The molecule has 18 heavy (non-hydrogen) atoms. The van der Waals surface area contributed by atoms with Gasteiger partial charge in [-0.15, -0.1) is 0 Å². The van der Waals surface area contributed by atoms with Crippen molar-refractivity contribution < 1.29 is 23.2 Å². The van der Waals surface area contributed by atoms with Gasteiger partial charge in [-0.3, -0.25) is 4.57 Å². The van der Waals surface area contributed by atoms with Crippen molar-refractivity contribution in [1.82, 2.24) is 0 Å². The van der Waals surface area contributed by atoms with Crippen LogP contribution in [-0.2, 0) is 13.6 Å². The summed E-state index contributed by atoms with van der Waals surface area (Å²) in [6.07, 6.45) is 0.184. The van der Waals surface area contributed by atoms with Crippen LogP contribution in [0.5, 0.6) is 0 Å². The Morgan fingerprint density at radius 1 is 1.17 bits per heavy atom. The van der Waals surface area contributed by atoms with Crippen LogP contribution in [0.2, 0.25) is 0 Å². The minimum Gasteiger partial charge on any atom is -0.386 e. The van der Waals surface area contributed by atoms with Gasteiger partial charge in [0.15, 0.2) is 0 Å². The van der Waals surface area contributed by atoms with Crippen LogP contribution in [-0.4, -0.2) is 63.3 Å². The highest BCUT2D eigenvalue weighted by Gasteiger charge is 2.37. The zero-order valence-corrected chi connectivity index (χ0v) is 13.6. The fourth-order valence-electron chi connectivity index (χ4n) is 2.05. The largest absolute Gasteiger partial charge is 0.386 e. The maximum atomic E-state index is 12.1. The average Bonchev–Trinajstić information content (AvgIpc) is 2.23. The highest BCUT2D eigenvalue weighted by molar-refractivity contribution is 7.53. The van der Waals surface area contributed by atoms with E-state index >= 15 is 0 Å². The summed E-state index contributed by atoms with van der Waals surface area (Å²) in [4.78, 5) is 0. The summed E-state index contributed by atoms with van der Waals surface area (Å²) < 4.78 is 22.5. The van der Waals surface area contributed by atoms with Crippen molar-refractivity contribution in [3.63, 3.8) is 0 Å². The Balaban J connectivity index is 4.87. The van der Waals surface area contributed by atoms with Gasteiger partial charge in [-0.2, -0.15) is 0 Å². The first-order valence-electron chi connectivity index (χ1n) is 6.25. The molecule has 0 fully saturated rings. The summed E-state index contributed by atoms with van der Waals surface area (Å²) in [6.45, 7) is 4.23. The highest BCUT2D eigenvalue weighted by Crippen LogP contribution is 2.47. The lowest BCUT2D eigenvalue weighted by atomic mass is 9.97. The Hall–Kier alpha value is 0.0700. The number of nitrogens with zero attached hydrogens (tertiary/aromatic N) is 1. The maximum Gasteiger partial charge on any atom is 0.332 e. The van der Waals surface area contributed by atoms with Gasteiger partial charge in [0.1, 0.15) is 12.1 Å². The second kappa shape index (κ2) is 7.01. The molecule has 0 aliphatic carbocycles. The van der Waals surface area contributed by atoms with Crippen molar-refractivity contribution in [3.05, 3.63) is 0 Å². The van der Waals surface area contributed by atoms with Gasteiger partial charge in [-0.25, -0.2) is 0 Å². The number of quaternary nitrogens is 1. The van der Waals surface area contributed by atoms with Gasteiger partial charge in [0.25, 0.3) is 0 Å². The van der Waals surface area contributed by atoms with Crippen LogP contribution in [0.4, 0.5) is 0 Å². The van der Waals surface area contributed by atoms with Gasteiger partial charge >= 0.3 is 7.60 Å². The first kappa shape index (κ1) is 18.1. The summed E-state index contributed by atoms with van der Waals surface area (Å²) in [5.41, 5.74) is 0. The molecule has 0 aliphatic rings. The first-order valence-corrected chi connectivity index (χ1v) is 7.98. The van der Waals surface area contributed by atoms with E-state index in [2.05, 4.69) is 13.8 Å². The minimum atomic E-state index is -3.16. The van der Waals surface area contributed by atoms with Crippen LogP contribution in [0, 0.1) is 5.92 Å². The van der Waals surface area contributed by atoms with Crippen molar-refractivity contribution in [2.24, 2.45) is 5.92 Å². The van der Waals surface area contributed by atoms with E-state index in [0.29, 0.717) is 10.4 Å². The number of aliphatic hydroxyl groups is 1. The molecule has 0 bridgehead atoms. The third-order valence-corrected chi connectivity index (χ3v) is 5.05. The Kier molecular flexibility index (Phi) is 7.04. The maximum absolute atomic E-state index is 12.1. The molecule has 0 aromatic carbocycles. The van der Waals surface area contributed by atoms with E-state index in [1.54, 1.807) is 0 Å². The third-order valence-electron chi connectivity index (χ3n) is 3.12. The molecular formula is C12H29NO4P+. The van der Waals surface area contributed by atoms with Crippen molar-refractivity contribution in [2.75, 3.05) is 41.5 Å². The number of hydrogen-bond donors (Lipinski definition) is 1. The molecule has 0 spiro atoms. The second-order valence-electron chi connectivity index (χ2n) is 6.04. The molecule has 2 atom stereocenters. The summed E-state index contributed by atoms with van der Waals surface area (Å²) in [5, 5.41) is 10.3. The lowest BCUT2D eigenvalue weighted by molar-refractivity contribution is -0.900.